The lowest BCUT2D eigenvalue weighted by molar-refractivity contribution is 0.490. The van der Waals surface area contributed by atoms with E-state index in [1.165, 1.54) is 32.1 Å². The Morgan fingerprint density at radius 1 is 1.33 bits per heavy atom. The van der Waals surface area contributed by atoms with E-state index in [1.54, 1.807) is 0 Å². The van der Waals surface area contributed by atoms with E-state index in [9.17, 15) is 0 Å². The minimum absolute atomic E-state index is 0.203. The predicted octanol–water partition coefficient (Wildman–Crippen LogP) is 2.06. The summed E-state index contributed by atoms with van der Waals surface area (Å²) in [5.41, 5.74) is 0. The first kappa shape index (κ1) is 6.23. The van der Waals surface area contributed by atoms with E-state index in [1.807, 2.05) is 0 Å². The molecule has 0 N–H and O–H groups in total. The SMILES string of the molecule is Cl[SiH2]C12CCC(CC1)C2. The molecule has 0 heterocycles. The Bertz CT molecular complexity index is 116. The maximum absolute atomic E-state index is 6.03. The highest BCUT2D eigenvalue weighted by molar-refractivity contribution is 6.95. The van der Waals surface area contributed by atoms with E-state index in [2.05, 4.69) is 0 Å². The van der Waals surface area contributed by atoms with Crippen molar-refractivity contribution in [1.29, 1.82) is 0 Å². The molecule has 0 atom stereocenters. The third kappa shape index (κ3) is 0.856. The third-order valence-corrected chi connectivity index (χ3v) is 6.43. The fourth-order valence-electron chi connectivity index (χ4n) is 2.50. The highest BCUT2D eigenvalue weighted by Gasteiger charge is 2.44. The van der Waals surface area contributed by atoms with Gasteiger partial charge in [0.2, 0.25) is 0 Å². The molecule has 0 aromatic rings. The Hall–Kier alpha value is 0.507. The average Bonchev–Trinajstić information content (AvgIpc) is 2.46. The summed E-state index contributed by atoms with van der Waals surface area (Å²) < 4.78 is 0. The second-order valence-corrected chi connectivity index (χ2v) is 6.35. The van der Waals surface area contributed by atoms with Crippen LogP contribution in [0.1, 0.15) is 32.1 Å². The first-order valence-corrected chi connectivity index (χ1v) is 6.75. The van der Waals surface area contributed by atoms with Gasteiger partial charge in [-0.05, 0) is 30.2 Å². The topological polar surface area (TPSA) is 0 Å². The Labute approximate surface area is 63.5 Å². The van der Waals surface area contributed by atoms with Gasteiger partial charge in [-0.1, -0.05) is 12.8 Å². The molecule has 52 valence electrons. The van der Waals surface area contributed by atoms with Gasteiger partial charge < -0.3 is 0 Å². The summed E-state index contributed by atoms with van der Waals surface area (Å²) in [6, 6.07) is 0. The number of hydrogen-bond acceptors (Lipinski definition) is 0. The molecule has 0 aliphatic heterocycles. The molecule has 2 aliphatic carbocycles. The van der Waals surface area contributed by atoms with Crippen LogP contribution in [0.15, 0.2) is 0 Å². The van der Waals surface area contributed by atoms with Crippen LogP contribution < -0.4 is 0 Å². The minimum atomic E-state index is -0.203. The van der Waals surface area contributed by atoms with Gasteiger partial charge in [-0.2, -0.15) is 11.1 Å². The molecule has 2 fully saturated rings. The van der Waals surface area contributed by atoms with Crippen molar-refractivity contribution in [1.82, 2.24) is 0 Å². The highest BCUT2D eigenvalue weighted by Crippen LogP contribution is 2.59. The molecule has 0 radical (unpaired) electrons. The van der Waals surface area contributed by atoms with Gasteiger partial charge in [-0.3, -0.25) is 0 Å². The normalized spacial score (nSPS) is 49.7. The van der Waals surface area contributed by atoms with Gasteiger partial charge in [0.05, 0.1) is 0 Å². The van der Waals surface area contributed by atoms with Crippen LogP contribution in [0.5, 0.6) is 0 Å². The van der Waals surface area contributed by atoms with Gasteiger partial charge in [-0.15, -0.1) is 0 Å². The zero-order chi connectivity index (χ0) is 6.32. The number of halogens is 1. The number of rotatable bonds is 1. The summed E-state index contributed by atoms with van der Waals surface area (Å²) >= 11 is 6.03. The van der Waals surface area contributed by atoms with Crippen molar-refractivity contribution < 1.29 is 0 Å². The van der Waals surface area contributed by atoms with Crippen LogP contribution in [-0.2, 0) is 0 Å². The molecule has 2 bridgehead atoms. The predicted molar refractivity (Wildman–Crippen MR) is 43.7 cm³/mol. The van der Waals surface area contributed by atoms with Crippen LogP contribution in [0.2, 0.25) is 5.04 Å². The maximum Gasteiger partial charge on any atom is 0.131 e. The van der Waals surface area contributed by atoms with Crippen LogP contribution in [0.25, 0.3) is 0 Å². The van der Waals surface area contributed by atoms with Crippen molar-refractivity contribution in [3.05, 3.63) is 0 Å². The smallest absolute Gasteiger partial charge is 0.131 e. The van der Waals surface area contributed by atoms with Crippen LogP contribution >= 0.6 is 11.1 Å². The van der Waals surface area contributed by atoms with Crippen LogP contribution in [0.4, 0.5) is 0 Å². The third-order valence-electron chi connectivity index (χ3n) is 3.17. The molecule has 0 aromatic heterocycles. The number of hydrogen-bond donors (Lipinski definition) is 0. The van der Waals surface area contributed by atoms with Gasteiger partial charge in [0.25, 0.3) is 0 Å². The lowest BCUT2D eigenvalue weighted by Gasteiger charge is -2.21. The Morgan fingerprint density at radius 3 is 2.22 bits per heavy atom. The van der Waals surface area contributed by atoms with Crippen LogP contribution in [0, 0.1) is 5.92 Å². The quantitative estimate of drug-likeness (QED) is 0.407. The summed E-state index contributed by atoms with van der Waals surface area (Å²) in [7, 11) is -0.203. The van der Waals surface area contributed by atoms with Crippen molar-refractivity contribution >= 4 is 19.9 Å². The molecule has 0 aromatic carbocycles. The molecular formula is C7H13ClSi. The monoisotopic (exact) mass is 160 g/mol. The van der Waals surface area contributed by atoms with Crippen molar-refractivity contribution in [2.45, 2.75) is 37.1 Å². The Kier molecular flexibility index (Phi) is 1.38. The molecule has 0 amide bonds. The second kappa shape index (κ2) is 1.99. The van der Waals surface area contributed by atoms with Crippen LogP contribution in [0.3, 0.4) is 0 Å². The fourth-order valence-corrected chi connectivity index (χ4v) is 4.82. The first-order chi connectivity index (χ1) is 4.35. The zero-order valence-corrected chi connectivity index (χ0v) is 7.87. The van der Waals surface area contributed by atoms with E-state index < -0.39 is 0 Å². The number of fused-ring (bicyclic) bond motifs is 2. The highest BCUT2D eigenvalue weighted by atomic mass is 35.6. The maximum atomic E-state index is 6.03. The Balaban J connectivity index is 2.13. The van der Waals surface area contributed by atoms with E-state index in [0.717, 1.165) is 11.0 Å². The molecule has 2 saturated carbocycles. The second-order valence-electron chi connectivity index (χ2n) is 3.78. The molecule has 2 aliphatic rings. The standard InChI is InChI=1S/C7H13ClSi/c8-9-7-3-1-6(5-7)2-4-7/h6H,1-5,9H2. The van der Waals surface area contributed by atoms with Crippen molar-refractivity contribution in [3.63, 3.8) is 0 Å². The first-order valence-electron chi connectivity index (χ1n) is 3.91. The van der Waals surface area contributed by atoms with Crippen molar-refractivity contribution in [2.24, 2.45) is 5.92 Å². The van der Waals surface area contributed by atoms with E-state index in [-0.39, 0.29) is 8.83 Å². The summed E-state index contributed by atoms with van der Waals surface area (Å²) in [4.78, 5) is 0. The lowest BCUT2D eigenvalue weighted by Crippen LogP contribution is -2.09. The van der Waals surface area contributed by atoms with Crippen LogP contribution in [-0.4, -0.2) is 8.83 Å². The summed E-state index contributed by atoms with van der Waals surface area (Å²) in [6.07, 6.45) is 7.46. The fraction of sp³-hybridized carbons (Fsp3) is 1.00. The Morgan fingerprint density at radius 2 is 2.00 bits per heavy atom. The van der Waals surface area contributed by atoms with E-state index in [4.69, 9.17) is 11.1 Å². The summed E-state index contributed by atoms with van der Waals surface area (Å²) in [5.74, 6) is 1.09. The summed E-state index contributed by atoms with van der Waals surface area (Å²) in [6.45, 7) is 0. The summed E-state index contributed by atoms with van der Waals surface area (Å²) in [5, 5.41) is 0.756. The van der Waals surface area contributed by atoms with E-state index in [0.29, 0.717) is 0 Å². The average molecular weight is 161 g/mol. The molecule has 0 saturated heterocycles. The largest absolute Gasteiger partial charge is 0.176 e. The molecular weight excluding hydrogens is 148 g/mol. The lowest BCUT2D eigenvalue weighted by atomic mass is 10.0. The van der Waals surface area contributed by atoms with Crippen molar-refractivity contribution in [3.8, 4) is 0 Å². The molecule has 0 spiro atoms. The van der Waals surface area contributed by atoms with Gasteiger partial charge in [0, 0.05) is 0 Å². The molecule has 2 heteroatoms. The molecule has 9 heavy (non-hydrogen) atoms. The van der Waals surface area contributed by atoms with Crippen molar-refractivity contribution in [2.75, 3.05) is 0 Å². The van der Waals surface area contributed by atoms with E-state index >= 15 is 0 Å². The van der Waals surface area contributed by atoms with Gasteiger partial charge >= 0.3 is 0 Å². The molecule has 0 unspecified atom stereocenters. The van der Waals surface area contributed by atoms with Gasteiger partial charge in [0.15, 0.2) is 0 Å². The molecule has 2 rings (SSSR count). The molecule has 0 nitrogen and oxygen atoms in total. The zero-order valence-electron chi connectivity index (χ0n) is 5.70. The van der Waals surface area contributed by atoms with Gasteiger partial charge in [0.1, 0.15) is 8.83 Å². The minimum Gasteiger partial charge on any atom is -0.176 e. The van der Waals surface area contributed by atoms with Gasteiger partial charge in [-0.25, -0.2) is 0 Å².